The molecule has 0 amide bonds. The van der Waals surface area contributed by atoms with E-state index in [0.29, 0.717) is 5.11 Å². The monoisotopic (exact) mass is 457 g/mol. The lowest BCUT2D eigenvalue weighted by atomic mass is 10.0. The summed E-state index contributed by atoms with van der Waals surface area (Å²) in [4.78, 5) is 8.83. The Morgan fingerprint density at radius 1 is 0.909 bits per heavy atom. The molecule has 0 bridgehead atoms. The minimum atomic E-state index is -0.259. The van der Waals surface area contributed by atoms with Crippen LogP contribution in [-0.2, 0) is 0 Å². The highest BCUT2D eigenvalue weighted by Gasteiger charge is 2.42. The van der Waals surface area contributed by atoms with Crippen LogP contribution in [0, 0.1) is 5.82 Å². The van der Waals surface area contributed by atoms with E-state index in [4.69, 9.17) is 12.2 Å². The number of thiocarbonyl (C=S) groups is 1. The van der Waals surface area contributed by atoms with Gasteiger partial charge in [-0.25, -0.2) is 4.39 Å². The first-order valence-corrected chi connectivity index (χ1v) is 11.1. The molecule has 0 radical (unpaired) electrons. The quantitative estimate of drug-likeness (QED) is 0.414. The summed E-state index contributed by atoms with van der Waals surface area (Å²) in [5.41, 5.74) is 4.93. The van der Waals surface area contributed by atoms with Crippen LogP contribution in [0.3, 0.4) is 0 Å². The SMILES string of the molecule is CN(C)c1ccc(N2C(=S)N[C@@H](c3ccccn3)[C@H]2c2cccn2-c2ccc(F)cc2)cc1. The summed E-state index contributed by atoms with van der Waals surface area (Å²) in [5, 5.41) is 4.13. The molecule has 0 saturated carbocycles. The van der Waals surface area contributed by atoms with Crippen molar-refractivity contribution in [1.29, 1.82) is 0 Å². The molecule has 2 aromatic heterocycles. The predicted molar refractivity (Wildman–Crippen MR) is 134 cm³/mol. The molecule has 7 heteroatoms. The summed E-state index contributed by atoms with van der Waals surface area (Å²) in [5.74, 6) is -0.259. The van der Waals surface area contributed by atoms with Gasteiger partial charge >= 0.3 is 0 Å². The van der Waals surface area contributed by atoms with Crippen LogP contribution in [0.1, 0.15) is 23.5 Å². The molecule has 33 heavy (non-hydrogen) atoms. The van der Waals surface area contributed by atoms with Crippen molar-refractivity contribution >= 4 is 28.7 Å². The second kappa shape index (κ2) is 8.67. The van der Waals surface area contributed by atoms with Crippen LogP contribution in [0.15, 0.2) is 91.3 Å². The molecule has 0 unspecified atom stereocenters. The highest BCUT2D eigenvalue weighted by Crippen LogP contribution is 2.42. The van der Waals surface area contributed by atoms with Crippen LogP contribution in [0.2, 0.25) is 0 Å². The average Bonchev–Trinajstić information content (AvgIpc) is 3.44. The van der Waals surface area contributed by atoms with Gasteiger partial charge in [0.25, 0.3) is 0 Å². The van der Waals surface area contributed by atoms with Crippen LogP contribution in [0.25, 0.3) is 5.69 Å². The molecule has 0 spiro atoms. The van der Waals surface area contributed by atoms with Crippen LogP contribution >= 0.6 is 12.2 Å². The normalized spacial score (nSPS) is 17.8. The Bertz CT molecular complexity index is 1250. The largest absolute Gasteiger partial charge is 0.378 e. The molecule has 1 N–H and O–H groups in total. The molecule has 2 atom stereocenters. The van der Waals surface area contributed by atoms with Crippen molar-refractivity contribution in [2.45, 2.75) is 12.1 Å². The third-order valence-corrected chi connectivity index (χ3v) is 6.25. The van der Waals surface area contributed by atoms with E-state index in [1.165, 1.54) is 12.1 Å². The van der Waals surface area contributed by atoms with E-state index < -0.39 is 0 Å². The van der Waals surface area contributed by atoms with Gasteiger partial charge in [-0.15, -0.1) is 0 Å². The summed E-state index contributed by atoms with van der Waals surface area (Å²) >= 11 is 5.83. The number of hydrogen-bond donors (Lipinski definition) is 1. The second-order valence-corrected chi connectivity index (χ2v) is 8.57. The highest BCUT2D eigenvalue weighted by molar-refractivity contribution is 7.80. The Balaban J connectivity index is 1.63. The number of aromatic nitrogens is 2. The fourth-order valence-corrected chi connectivity index (χ4v) is 4.66. The van der Waals surface area contributed by atoms with E-state index >= 15 is 0 Å². The minimum absolute atomic E-state index is 0.152. The van der Waals surface area contributed by atoms with Gasteiger partial charge in [0.1, 0.15) is 11.9 Å². The smallest absolute Gasteiger partial charge is 0.174 e. The van der Waals surface area contributed by atoms with Crippen molar-refractivity contribution in [2.75, 3.05) is 23.9 Å². The van der Waals surface area contributed by atoms with E-state index in [0.717, 1.165) is 28.5 Å². The highest BCUT2D eigenvalue weighted by atomic mass is 32.1. The Labute approximate surface area is 198 Å². The van der Waals surface area contributed by atoms with Gasteiger partial charge in [0.05, 0.1) is 11.7 Å². The standard InChI is InChI=1S/C26H24FN5S/c1-30(2)19-12-14-21(15-13-19)32-25(24(29-26(32)33)22-6-3-4-16-28-22)23-7-5-17-31(23)20-10-8-18(27)9-11-20/h3-17,24-25H,1-2H3,(H,29,33)/t24-,25+/m0/s1. The summed E-state index contributed by atoms with van der Waals surface area (Å²) in [6.07, 6.45) is 3.79. The molecular formula is C26H24FN5S. The van der Waals surface area contributed by atoms with E-state index in [-0.39, 0.29) is 17.9 Å². The minimum Gasteiger partial charge on any atom is -0.378 e. The van der Waals surface area contributed by atoms with E-state index in [1.54, 1.807) is 18.3 Å². The first-order valence-electron chi connectivity index (χ1n) is 10.7. The first kappa shape index (κ1) is 21.2. The van der Waals surface area contributed by atoms with Crippen LogP contribution in [0.5, 0.6) is 0 Å². The van der Waals surface area contributed by atoms with Gasteiger partial charge < -0.3 is 19.7 Å². The molecule has 1 fully saturated rings. The molecule has 5 rings (SSSR count). The zero-order valence-corrected chi connectivity index (χ0v) is 19.2. The Kier molecular flexibility index (Phi) is 5.56. The molecular weight excluding hydrogens is 433 g/mol. The maximum atomic E-state index is 13.6. The maximum Gasteiger partial charge on any atom is 0.174 e. The Morgan fingerprint density at radius 2 is 1.64 bits per heavy atom. The zero-order chi connectivity index (χ0) is 22.9. The topological polar surface area (TPSA) is 36.3 Å². The van der Waals surface area contributed by atoms with Gasteiger partial charge in [0.2, 0.25) is 0 Å². The van der Waals surface area contributed by atoms with Gasteiger partial charge in [-0.1, -0.05) is 6.07 Å². The van der Waals surface area contributed by atoms with Gasteiger partial charge in [-0.05, 0) is 85.0 Å². The third-order valence-electron chi connectivity index (χ3n) is 5.93. The predicted octanol–water partition coefficient (Wildman–Crippen LogP) is 5.25. The fraction of sp³-hybridized carbons (Fsp3) is 0.154. The Morgan fingerprint density at radius 3 is 2.30 bits per heavy atom. The van der Waals surface area contributed by atoms with Crippen LogP contribution in [0.4, 0.5) is 15.8 Å². The summed E-state index contributed by atoms with van der Waals surface area (Å²) < 4.78 is 15.7. The van der Waals surface area contributed by atoms with Gasteiger partial charge in [0, 0.05) is 49.2 Å². The summed E-state index contributed by atoms with van der Waals surface area (Å²) in [6, 6.07) is 24.5. The first-order chi connectivity index (χ1) is 16.0. The number of rotatable bonds is 5. The number of anilines is 2. The number of nitrogens with one attached hydrogen (secondary N) is 1. The number of nitrogens with zero attached hydrogens (tertiary/aromatic N) is 4. The van der Waals surface area contributed by atoms with Crippen molar-refractivity contribution in [1.82, 2.24) is 14.9 Å². The molecule has 5 nitrogen and oxygen atoms in total. The lowest BCUT2D eigenvalue weighted by molar-refractivity contribution is 0.549. The van der Waals surface area contributed by atoms with Crippen molar-refractivity contribution in [2.24, 2.45) is 0 Å². The molecule has 3 heterocycles. The number of pyridine rings is 1. The lowest BCUT2D eigenvalue weighted by Crippen LogP contribution is -2.30. The Hall–Kier alpha value is -3.71. The molecule has 1 aliphatic heterocycles. The van der Waals surface area contributed by atoms with Crippen molar-refractivity contribution in [3.05, 3.63) is 108 Å². The molecule has 166 valence electrons. The zero-order valence-electron chi connectivity index (χ0n) is 18.4. The van der Waals surface area contributed by atoms with Gasteiger partial charge in [-0.2, -0.15) is 0 Å². The molecule has 2 aromatic carbocycles. The van der Waals surface area contributed by atoms with E-state index in [2.05, 4.69) is 55.0 Å². The molecule has 1 saturated heterocycles. The fourth-order valence-electron chi connectivity index (χ4n) is 4.32. The number of halogens is 1. The summed E-state index contributed by atoms with van der Waals surface area (Å²) in [7, 11) is 4.04. The van der Waals surface area contributed by atoms with Crippen molar-refractivity contribution < 1.29 is 4.39 Å². The average molecular weight is 458 g/mol. The molecule has 1 aliphatic rings. The third kappa shape index (κ3) is 3.96. The van der Waals surface area contributed by atoms with Gasteiger partial charge in [-0.3, -0.25) is 4.98 Å². The van der Waals surface area contributed by atoms with E-state index in [9.17, 15) is 4.39 Å². The number of hydrogen-bond acceptors (Lipinski definition) is 3. The van der Waals surface area contributed by atoms with Gasteiger partial charge in [0.15, 0.2) is 5.11 Å². The molecule has 0 aliphatic carbocycles. The van der Waals surface area contributed by atoms with E-state index in [1.807, 2.05) is 44.6 Å². The second-order valence-electron chi connectivity index (χ2n) is 8.19. The maximum absolute atomic E-state index is 13.6. The van der Waals surface area contributed by atoms with Crippen LogP contribution < -0.4 is 15.1 Å². The van der Waals surface area contributed by atoms with Crippen molar-refractivity contribution in [3.63, 3.8) is 0 Å². The number of benzene rings is 2. The van der Waals surface area contributed by atoms with Crippen LogP contribution in [-0.4, -0.2) is 28.8 Å². The molecule has 4 aromatic rings. The lowest BCUT2D eigenvalue weighted by Gasteiger charge is -2.29. The van der Waals surface area contributed by atoms with Crippen molar-refractivity contribution in [3.8, 4) is 5.69 Å². The summed E-state index contributed by atoms with van der Waals surface area (Å²) in [6.45, 7) is 0.